The lowest BCUT2D eigenvalue weighted by molar-refractivity contribution is 0.321. The monoisotopic (exact) mass is 264 g/mol. The number of anilines is 1. The zero-order valence-electron chi connectivity index (χ0n) is 12.1. The van der Waals surface area contributed by atoms with Crippen LogP contribution in [0, 0.1) is 11.7 Å². The first-order valence-electron chi connectivity index (χ1n) is 7.41. The van der Waals surface area contributed by atoms with E-state index in [9.17, 15) is 4.39 Å². The van der Waals surface area contributed by atoms with E-state index in [0.717, 1.165) is 36.7 Å². The Kier molecular flexibility index (Phi) is 5.20. The number of hydrogen-bond acceptors (Lipinski definition) is 2. The zero-order chi connectivity index (χ0) is 13.7. The van der Waals surface area contributed by atoms with E-state index < -0.39 is 0 Å². The van der Waals surface area contributed by atoms with Crippen LogP contribution in [-0.4, -0.2) is 20.1 Å². The second-order valence-corrected chi connectivity index (χ2v) is 5.59. The molecule has 0 atom stereocenters. The fourth-order valence-corrected chi connectivity index (χ4v) is 2.63. The van der Waals surface area contributed by atoms with Crippen LogP contribution in [0.5, 0.6) is 0 Å². The number of hydrogen-bond donors (Lipinski definition) is 1. The largest absolute Gasteiger partial charge is 0.374 e. The Morgan fingerprint density at radius 3 is 2.79 bits per heavy atom. The Hall–Kier alpha value is -1.09. The quantitative estimate of drug-likeness (QED) is 0.758. The molecule has 19 heavy (non-hydrogen) atoms. The van der Waals surface area contributed by atoms with E-state index in [1.165, 1.54) is 19.3 Å². The molecule has 0 bridgehead atoms. The minimum Gasteiger partial charge on any atom is -0.374 e. The summed E-state index contributed by atoms with van der Waals surface area (Å²) < 4.78 is 14.0. The molecule has 1 aromatic carbocycles. The van der Waals surface area contributed by atoms with Gasteiger partial charge in [0.25, 0.3) is 0 Å². The summed E-state index contributed by atoms with van der Waals surface area (Å²) in [5, 5.41) is 3.30. The van der Waals surface area contributed by atoms with Gasteiger partial charge in [0.1, 0.15) is 5.82 Å². The Bertz CT molecular complexity index is 402. The number of nitrogens with zero attached hydrogens (tertiary/aromatic N) is 1. The Balaban J connectivity index is 2.06. The molecular weight excluding hydrogens is 239 g/mol. The summed E-state index contributed by atoms with van der Waals surface area (Å²) in [5.74, 6) is 0.700. The first-order valence-corrected chi connectivity index (χ1v) is 7.41. The molecule has 1 fully saturated rings. The standard InChI is InChI=1S/C16H25FN2/c1-3-10-18-11-14-15(17)8-5-9-16(14)19(2)12-13-6-4-7-13/h5,8-9,13,18H,3-4,6-7,10-12H2,1-2H3. The minimum atomic E-state index is -0.0958. The van der Waals surface area contributed by atoms with Crippen molar-refractivity contribution in [1.82, 2.24) is 5.32 Å². The van der Waals surface area contributed by atoms with Gasteiger partial charge < -0.3 is 10.2 Å². The molecule has 0 spiro atoms. The third-order valence-electron chi connectivity index (χ3n) is 3.99. The summed E-state index contributed by atoms with van der Waals surface area (Å²) in [4.78, 5) is 2.22. The van der Waals surface area contributed by atoms with E-state index in [-0.39, 0.29) is 5.82 Å². The van der Waals surface area contributed by atoms with Crippen molar-refractivity contribution in [2.45, 2.75) is 39.2 Å². The highest BCUT2D eigenvalue weighted by atomic mass is 19.1. The molecule has 1 aliphatic carbocycles. The Morgan fingerprint density at radius 2 is 2.16 bits per heavy atom. The lowest BCUT2D eigenvalue weighted by Gasteiger charge is -2.32. The van der Waals surface area contributed by atoms with Gasteiger partial charge in [-0.05, 0) is 43.9 Å². The maximum Gasteiger partial charge on any atom is 0.129 e. The third-order valence-corrected chi connectivity index (χ3v) is 3.99. The second kappa shape index (κ2) is 6.90. The highest BCUT2D eigenvalue weighted by molar-refractivity contribution is 5.53. The summed E-state index contributed by atoms with van der Waals surface area (Å²) in [6, 6.07) is 5.40. The summed E-state index contributed by atoms with van der Waals surface area (Å²) >= 11 is 0. The van der Waals surface area contributed by atoms with Gasteiger partial charge in [0.2, 0.25) is 0 Å². The summed E-state index contributed by atoms with van der Waals surface area (Å²) in [6.07, 6.45) is 5.07. The Labute approximate surface area is 116 Å². The SMILES string of the molecule is CCCNCc1c(F)cccc1N(C)CC1CCC1. The predicted molar refractivity (Wildman–Crippen MR) is 79.0 cm³/mol. The lowest BCUT2D eigenvalue weighted by Crippen LogP contribution is -2.30. The summed E-state index contributed by atoms with van der Waals surface area (Å²) in [6.45, 7) is 4.72. The number of nitrogens with one attached hydrogen (secondary N) is 1. The maximum atomic E-state index is 14.0. The van der Waals surface area contributed by atoms with Crippen LogP contribution >= 0.6 is 0 Å². The van der Waals surface area contributed by atoms with Crippen molar-refractivity contribution < 1.29 is 4.39 Å². The van der Waals surface area contributed by atoms with Crippen LogP contribution in [0.4, 0.5) is 10.1 Å². The van der Waals surface area contributed by atoms with Crippen molar-refractivity contribution in [2.24, 2.45) is 5.92 Å². The fraction of sp³-hybridized carbons (Fsp3) is 0.625. The van der Waals surface area contributed by atoms with E-state index in [1.807, 2.05) is 12.1 Å². The molecule has 0 radical (unpaired) electrons. The average molecular weight is 264 g/mol. The molecule has 0 aromatic heterocycles. The van der Waals surface area contributed by atoms with Gasteiger partial charge in [-0.15, -0.1) is 0 Å². The normalized spacial score (nSPS) is 15.3. The van der Waals surface area contributed by atoms with Crippen LogP contribution in [0.15, 0.2) is 18.2 Å². The molecule has 1 aliphatic rings. The third kappa shape index (κ3) is 3.69. The topological polar surface area (TPSA) is 15.3 Å². The average Bonchev–Trinajstić information content (AvgIpc) is 2.35. The smallest absolute Gasteiger partial charge is 0.129 e. The first kappa shape index (κ1) is 14.3. The molecule has 2 nitrogen and oxygen atoms in total. The molecule has 3 heteroatoms. The maximum absolute atomic E-state index is 14.0. The molecule has 0 amide bonds. The first-order chi connectivity index (χ1) is 9.22. The van der Waals surface area contributed by atoms with Crippen LogP contribution in [0.1, 0.15) is 38.2 Å². The van der Waals surface area contributed by atoms with E-state index in [2.05, 4.69) is 24.2 Å². The predicted octanol–water partition coefficient (Wildman–Crippen LogP) is 3.56. The van der Waals surface area contributed by atoms with E-state index in [4.69, 9.17) is 0 Å². The summed E-state index contributed by atoms with van der Waals surface area (Å²) in [5.41, 5.74) is 1.84. The van der Waals surface area contributed by atoms with Crippen LogP contribution in [0.2, 0.25) is 0 Å². The van der Waals surface area contributed by atoms with E-state index in [0.29, 0.717) is 6.54 Å². The molecule has 0 aliphatic heterocycles. The minimum absolute atomic E-state index is 0.0958. The van der Waals surface area contributed by atoms with Gasteiger partial charge in [-0.2, -0.15) is 0 Å². The van der Waals surface area contributed by atoms with Crippen molar-refractivity contribution in [1.29, 1.82) is 0 Å². The van der Waals surface area contributed by atoms with Crippen LogP contribution in [-0.2, 0) is 6.54 Å². The lowest BCUT2D eigenvalue weighted by atomic mass is 9.85. The molecule has 106 valence electrons. The molecule has 1 saturated carbocycles. The fourth-order valence-electron chi connectivity index (χ4n) is 2.63. The van der Waals surface area contributed by atoms with Gasteiger partial charge in [0.15, 0.2) is 0 Å². The van der Waals surface area contributed by atoms with Crippen LogP contribution < -0.4 is 10.2 Å². The van der Waals surface area contributed by atoms with Crippen molar-refractivity contribution in [3.63, 3.8) is 0 Å². The van der Waals surface area contributed by atoms with E-state index >= 15 is 0 Å². The van der Waals surface area contributed by atoms with E-state index in [1.54, 1.807) is 6.07 Å². The van der Waals surface area contributed by atoms with Gasteiger partial charge in [-0.3, -0.25) is 0 Å². The molecule has 1 aromatic rings. The van der Waals surface area contributed by atoms with Gasteiger partial charge in [0.05, 0.1) is 0 Å². The molecule has 0 unspecified atom stereocenters. The molecule has 0 heterocycles. The molecule has 0 saturated heterocycles. The molecular formula is C16H25FN2. The highest BCUT2D eigenvalue weighted by Crippen LogP contribution is 2.30. The number of rotatable bonds is 7. The van der Waals surface area contributed by atoms with Crippen LogP contribution in [0.3, 0.4) is 0 Å². The van der Waals surface area contributed by atoms with Crippen molar-refractivity contribution in [3.05, 3.63) is 29.6 Å². The number of halogens is 1. The number of benzene rings is 1. The molecule has 1 N–H and O–H groups in total. The van der Waals surface area contributed by atoms with Crippen molar-refractivity contribution in [2.75, 3.05) is 25.0 Å². The van der Waals surface area contributed by atoms with Gasteiger partial charge in [-0.1, -0.05) is 19.4 Å². The second-order valence-electron chi connectivity index (χ2n) is 5.59. The van der Waals surface area contributed by atoms with Crippen molar-refractivity contribution >= 4 is 5.69 Å². The summed E-state index contributed by atoms with van der Waals surface area (Å²) in [7, 11) is 2.08. The van der Waals surface area contributed by atoms with Gasteiger partial charge >= 0.3 is 0 Å². The Morgan fingerprint density at radius 1 is 1.37 bits per heavy atom. The highest BCUT2D eigenvalue weighted by Gasteiger charge is 2.20. The van der Waals surface area contributed by atoms with Gasteiger partial charge in [0, 0.05) is 31.4 Å². The van der Waals surface area contributed by atoms with Crippen molar-refractivity contribution in [3.8, 4) is 0 Å². The van der Waals surface area contributed by atoms with Gasteiger partial charge in [-0.25, -0.2) is 4.39 Å². The van der Waals surface area contributed by atoms with Crippen LogP contribution in [0.25, 0.3) is 0 Å². The zero-order valence-corrected chi connectivity index (χ0v) is 12.1. The molecule has 2 rings (SSSR count).